The van der Waals surface area contributed by atoms with Crippen molar-refractivity contribution in [2.75, 3.05) is 22.9 Å². The smallest absolute Gasteiger partial charge is 0.185 e. The summed E-state index contributed by atoms with van der Waals surface area (Å²) < 4.78 is 27.8. The van der Waals surface area contributed by atoms with Crippen molar-refractivity contribution < 1.29 is 8.42 Å². The van der Waals surface area contributed by atoms with Crippen LogP contribution < -0.4 is 10.6 Å². The van der Waals surface area contributed by atoms with Gasteiger partial charge < -0.3 is 10.6 Å². The van der Waals surface area contributed by atoms with Crippen LogP contribution in [0, 0.1) is 5.92 Å². The number of sulfone groups is 1. The van der Waals surface area contributed by atoms with Crippen LogP contribution in [0.2, 0.25) is 0 Å². The van der Waals surface area contributed by atoms with Crippen molar-refractivity contribution in [3.63, 3.8) is 0 Å². The summed E-state index contributed by atoms with van der Waals surface area (Å²) in [6.07, 6.45) is 11.3. The number of hydrogen-bond acceptors (Lipinski definition) is 5. The second-order valence-electron chi connectivity index (χ2n) is 7.22. The Morgan fingerprint density at radius 3 is 2.85 bits per heavy atom. The molecule has 1 saturated carbocycles. The van der Waals surface area contributed by atoms with E-state index in [-0.39, 0.29) is 5.75 Å². The Kier molecular flexibility index (Phi) is 6.06. The highest BCUT2D eigenvalue weighted by Gasteiger charge is 2.31. The van der Waals surface area contributed by atoms with Crippen molar-refractivity contribution in [3.05, 3.63) is 24.4 Å². The minimum Gasteiger partial charge on any atom is -0.364 e. The highest BCUT2D eigenvalue weighted by molar-refractivity contribution is 7.91. The van der Waals surface area contributed by atoms with E-state index in [1.54, 1.807) is 6.08 Å². The number of unbranched alkanes of at least 4 members (excludes halogenated alkanes) is 2. The predicted octanol–water partition coefficient (Wildman–Crippen LogP) is 3.94. The minimum absolute atomic E-state index is 0.156. The van der Waals surface area contributed by atoms with Crippen LogP contribution in [0.25, 0.3) is 0 Å². The molecule has 3 rings (SSSR count). The third-order valence-corrected chi connectivity index (χ3v) is 7.09. The first-order valence-corrected chi connectivity index (χ1v) is 11.4. The Morgan fingerprint density at radius 2 is 2.15 bits per heavy atom. The van der Waals surface area contributed by atoms with Crippen molar-refractivity contribution >= 4 is 21.5 Å². The largest absolute Gasteiger partial charge is 0.364 e. The van der Waals surface area contributed by atoms with Gasteiger partial charge in [-0.3, -0.25) is 0 Å². The molecule has 6 nitrogen and oxygen atoms in total. The molecule has 0 radical (unpaired) electrons. The van der Waals surface area contributed by atoms with Crippen molar-refractivity contribution in [1.82, 2.24) is 9.78 Å². The zero-order chi connectivity index (χ0) is 18.6. The summed E-state index contributed by atoms with van der Waals surface area (Å²) in [7, 11) is -3.40. The van der Waals surface area contributed by atoms with Gasteiger partial charge in [0.15, 0.2) is 20.6 Å². The van der Waals surface area contributed by atoms with Crippen LogP contribution >= 0.6 is 0 Å². The summed E-state index contributed by atoms with van der Waals surface area (Å²) in [5.41, 5.74) is 1.32. The van der Waals surface area contributed by atoms with Gasteiger partial charge in [0.2, 0.25) is 0 Å². The average Bonchev–Trinajstić information content (AvgIpc) is 3.27. The van der Waals surface area contributed by atoms with Gasteiger partial charge in [-0.15, -0.1) is 6.58 Å². The van der Waals surface area contributed by atoms with Crippen LogP contribution in [0.15, 0.2) is 29.3 Å². The molecule has 0 unspecified atom stereocenters. The molecule has 2 N–H and O–H groups in total. The normalized spacial score (nSPS) is 17.5. The molecule has 1 aromatic rings. The van der Waals surface area contributed by atoms with E-state index in [0.29, 0.717) is 42.0 Å². The monoisotopic (exact) mass is 378 g/mol. The van der Waals surface area contributed by atoms with Crippen molar-refractivity contribution in [1.29, 1.82) is 0 Å². The second kappa shape index (κ2) is 8.29. The highest BCUT2D eigenvalue weighted by Crippen LogP contribution is 2.38. The summed E-state index contributed by atoms with van der Waals surface area (Å²) in [6, 6.07) is 0. The van der Waals surface area contributed by atoms with Crippen molar-refractivity contribution in [2.45, 2.75) is 63.3 Å². The van der Waals surface area contributed by atoms with E-state index in [0.717, 1.165) is 12.8 Å². The van der Waals surface area contributed by atoms with Gasteiger partial charge in [-0.05, 0) is 30.8 Å². The van der Waals surface area contributed by atoms with Crippen molar-refractivity contribution in [3.8, 4) is 0 Å². The Morgan fingerprint density at radius 1 is 1.38 bits per heavy atom. The number of rotatable bonds is 9. The Balaban J connectivity index is 1.89. The maximum atomic E-state index is 13.0. The van der Waals surface area contributed by atoms with E-state index in [4.69, 9.17) is 0 Å². The fraction of sp³-hybridized carbons (Fsp3) is 0.632. The van der Waals surface area contributed by atoms with Gasteiger partial charge in [-0.2, -0.15) is 5.10 Å². The lowest BCUT2D eigenvalue weighted by Gasteiger charge is -2.21. The van der Waals surface area contributed by atoms with E-state index >= 15 is 0 Å². The summed E-state index contributed by atoms with van der Waals surface area (Å²) in [5.74, 6) is 1.78. The van der Waals surface area contributed by atoms with E-state index in [1.807, 2.05) is 10.9 Å². The molecular formula is C19H30N4O2S. The minimum atomic E-state index is -3.40. The van der Waals surface area contributed by atoms with Crippen LogP contribution in [-0.4, -0.2) is 30.5 Å². The Bertz CT molecular complexity index is 774. The first kappa shape index (κ1) is 19.0. The molecule has 0 saturated heterocycles. The van der Waals surface area contributed by atoms with Gasteiger partial charge in [0.25, 0.3) is 0 Å². The molecule has 1 aromatic heterocycles. The molecule has 2 heterocycles. The van der Waals surface area contributed by atoms with E-state index < -0.39 is 9.84 Å². The molecule has 0 spiro atoms. The molecule has 0 aromatic carbocycles. The molecule has 2 aliphatic rings. The number of anilines is 2. The lowest BCUT2D eigenvalue weighted by molar-refractivity contribution is 0.552. The zero-order valence-electron chi connectivity index (χ0n) is 15.6. The van der Waals surface area contributed by atoms with Crippen LogP contribution in [0.1, 0.15) is 51.9 Å². The molecule has 144 valence electrons. The maximum absolute atomic E-state index is 13.0. The standard InChI is InChI=1S/C19H30N4O2S/c1-3-5-8-12-26(24,25)17-18(20-11-4-2)22-23-14-16(13-21-19(17)23)15-9-6-7-10-15/h4,13,15,21H,2-3,5-12,14H2,1H3,(H,20,22). The third-order valence-electron chi connectivity index (χ3n) is 5.26. The molecule has 26 heavy (non-hydrogen) atoms. The highest BCUT2D eigenvalue weighted by atomic mass is 32.2. The Labute approximate surface area is 156 Å². The first-order chi connectivity index (χ1) is 12.6. The van der Waals surface area contributed by atoms with E-state index in [2.05, 4.69) is 29.2 Å². The third kappa shape index (κ3) is 3.98. The molecule has 1 fully saturated rings. The van der Waals surface area contributed by atoms with Gasteiger partial charge in [-0.1, -0.05) is 38.7 Å². The number of hydrogen-bond donors (Lipinski definition) is 2. The number of nitrogens with one attached hydrogen (secondary N) is 2. The summed E-state index contributed by atoms with van der Waals surface area (Å²) in [5, 5.41) is 10.9. The average molecular weight is 379 g/mol. The van der Waals surface area contributed by atoms with E-state index in [1.165, 1.54) is 31.3 Å². The first-order valence-electron chi connectivity index (χ1n) is 9.70. The van der Waals surface area contributed by atoms with Gasteiger partial charge in [0.1, 0.15) is 5.82 Å². The number of nitrogens with zero attached hydrogens (tertiary/aromatic N) is 2. The molecule has 1 aliphatic carbocycles. The quantitative estimate of drug-likeness (QED) is 0.503. The predicted molar refractivity (Wildman–Crippen MR) is 106 cm³/mol. The Hall–Kier alpha value is -1.76. The van der Waals surface area contributed by atoms with Crippen LogP contribution in [0.5, 0.6) is 0 Å². The topological polar surface area (TPSA) is 76.0 Å². The summed E-state index contributed by atoms with van der Waals surface area (Å²) in [4.78, 5) is 0.303. The lowest BCUT2D eigenvalue weighted by atomic mass is 9.98. The molecule has 0 amide bonds. The van der Waals surface area contributed by atoms with Crippen LogP contribution in [-0.2, 0) is 16.4 Å². The summed E-state index contributed by atoms with van der Waals surface area (Å²) in [6.45, 7) is 6.92. The zero-order valence-corrected chi connectivity index (χ0v) is 16.4. The van der Waals surface area contributed by atoms with Gasteiger partial charge in [0.05, 0.1) is 12.3 Å². The molecular weight excluding hydrogens is 348 g/mol. The SMILES string of the molecule is C=CCNc1nn2c(c1S(=O)(=O)CCCCC)NC=C(C1CCCC1)C2. The second-order valence-corrected chi connectivity index (χ2v) is 9.27. The molecule has 0 atom stereocenters. The van der Waals surface area contributed by atoms with Gasteiger partial charge >= 0.3 is 0 Å². The molecule has 1 aliphatic heterocycles. The fourth-order valence-electron chi connectivity index (χ4n) is 3.85. The lowest BCUT2D eigenvalue weighted by Crippen LogP contribution is -2.19. The molecule has 0 bridgehead atoms. The molecule has 7 heteroatoms. The maximum Gasteiger partial charge on any atom is 0.185 e. The number of allylic oxidation sites excluding steroid dienone is 1. The van der Waals surface area contributed by atoms with Gasteiger partial charge in [0, 0.05) is 12.7 Å². The van der Waals surface area contributed by atoms with Crippen LogP contribution in [0.3, 0.4) is 0 Å². The van der Waals surface area contributed by atoms with Crippen LogP contribution in [0.4, 0.5) is 11.6 Å². The van der Waals surface area contributed by atoms with Crippen molar-refractivity contribution in [2.24, 2.45) is 5.92 Å². The van der Waals surface area contributed by atoms with Gasteiger partial charge in [-0.25, -0.2) is 13.1 Å². The summed E-state index contributed by atoms with van der Waals surface area (Å²) >= 11 is 0. The number of aromatic nitrogens is 2. The number of fused-ring (bicyclic) bond motifs is 1. The van der Waals surface area contributed by atoms with E-state index in [9.17, 15) is 8.42 Å². The fourth-order valence-corrected chi connectivity index (χ4v) is 5.50.